The average Bonchev–Trinajstić information content (AvgIpc) is 2.75. The largest absolute Gasteiger partial charge is 0.459 e. The van der Waals surface area contributed by atoms with Crippen molar-refractivity contribution in [2.75, 3.05) is 6.54 Å². The molecule has 0 heterocycles. The summed E-state index contributed by atoms with van der Waals surface area (Å²) >= 11 is 0. The molecule has 6 heteroatoms. The summed E-state index contributed by atoms with van der Waals surface area (Å²) in [5, 5.41) is 2.49. The Kier molecular flexibility index (Phi) is 9.28. The number of ketones is 2. The van der Waals surface area contributed by atoms with Gasteiger partial charge in [-0.3, -0.25) is 19.2 Å². The lowest BCUT2D eigenvalue weighted by Gasteiger charge is -2.19. The molecule has 2 aromatic carbocycles. The molecule has 0 atom stereocenters. The predicted molar refractivity (Wildman–Crippen MR) is 127 cm³/mol. The number of esters is 1. The number of carbonyl (C=O) groups is 4. The van der Waals surface area contributed by atoms with E-state index in [1.54, 1.807) is 45.0 Å². The monoisotopic (exact) mass is 449 g/mol. The van der Waals surface area contributed by atoms with Crippen molar-refractivity contribution in [2.24, 2.45) is 0 Å². The van der Waals surface area contributed by atoms with E-state index in [1.807, 2.05) is 18.2 Å². The van der Waals surface area contributed by atoms with E-state index in [9.17, 15) is 19.2 Å². The van der Waals surface area contributed by atoms with Crippen LogP contribution in [-0.2, 0) is 14.3 Å². The molecule has 1 N–H and O–H groups in total. The number of carbonyl (C=O) groups excluding carboxylic acids is 4. The van der Waals surface area contributed by atoms with Crippen LogP contribution in [0.2, 0.25) is 0 Å². The summed E-state index contributed by atoms with van der Waals surface area (Å²) in [5.41, 5.74) is 1.95. The molecule has 0 radical (unpaired) electrons. The van der Waals surface area contributed by atoms with Crippen LogP contribution in [0.25, 0.3) is 0 Å². The van der Waals surface area contributed by atoms with Gasteiger partial charge in [0.1, 0.15) is 12.1 Å². The van der Waals surface area contributed by atoms with Crippen molar-refractivity contribution in [3.63, 3.8) is 0 Å². The lowest BCUT2D eigenvalue weighted by atomic mass is 9.87. The van der Waals surface area contributed by atoms with Crippen LogP contribution in [0.5, 0.6) is 0 Å². The van der Waals surface area contributed by atoms with Crippen molar-refractivity contribution in [1.29, 1.82) is 0 Å². The average molecular weight is 450 g/mol. The second kappa shape index (κ2) is 11.9. The predicted octanol–water partition coefficient (Wildman–Crippen LogP) is 4.62. The van der Waals surface area contributed by atoms with E-state index in [0.717, 1.165) is 0 Å². The van der Waals surface area contributed by atoms with Crippen LogP contribution in [-0.4, -0.2) is 35.6 Å². The lowest BCUT2D eigenvalue weighted by molar-refractivity contribution is -0.154. The quantitative estimate of drug-likeness (QED) is 0.650. The standard InChI is InChI=1S/C20H23NO5.C7H8/c1-20(2,3)26-18(24)12-21-17(23)10-6-7-13-11-16(22)14-8-4-5-9-15(14)19(13)25;1-7-5-3-2-4-6-7/h4-5,8-9,11H,6-7,10,12H2,1-3H3,(H,21,23);2-6H,1H3. The second-order valence-corrected chi connectivity index (χ2v) is 8.78. The molecular formula is C27H31NO5. The van der Waals surface area contributed by atoms with Crippen LogP contribution in [0.3, 0.4) is 0 Å². The highest BCUT2D eigenvalue weighted by molar-refractivity contribution is 6.24. The SMILES string of the molecule is CC(C)(C)OC(=O)CNC(=O)CCCC1=CC(=O)c2ccccc2C1=O.Cc1ccccc1. The topological polar surface area (TPSA) is 89.5 Å². The third kappa shape index (κ3) is 8.85. The number of nitrogens with one attached hydrogen (secondary N) is 1. The van der Waals surface area contributed by atoms with Crippen molar-refractivity contribution >= 4 is 23.4 Å². The number of ether oxygens (including phenoxy) is 1. The molecule has 1 amide bonds. The molecule has 33 heavy (non-hydrogen) atoms. The van der Waals surface area contributed by atoms with Gasteiger partial charge in [-0.25, -0.2) is 0 Å². The van der Waals surface area contributed by atoms with Gasteiger partial charge in [0.05, 0.1) is 0 Å². The Morgan fingerprint density at radius 2 is 1.52 bits per heavy atom. The Hall–Kier alpha value is -3.54. The fourth-order valence-electron chi connectivity index (χ4n) is 3.17. The van der Waals surface area contributed by atoms with E-state index in [1.165, 1.54) is 11.6 Å². The first-order valence-corrected chi connectivity index (χ1v) is 11.0. The molecule has 1 aliphatic rings. The van der Waals surface area contributed by atoms with Gasteiger partial charge in [-0.15, -0.1) is 0 Å². The molecule has 0 spiro atoms. The fourth-order valence-corrected chi connectivity index (χ4v) is 3.17. The van der Waals surface area contributed by atoms with E-state index in [4.69, 9.17) is 4.74 Å². The minimum atomic E-state index is -0.599. The minimum absolute atomic E-state index is 0.156. The summed E-state index contributed by atoms with van der Waals surface area (Å²) in [6.45, 7) is 7.15. The minimum Gasteiger partial charge on any atom is -0.459 e. The number of rotatable bonds is 6. The molecule has 0 aliphatic heterocycles. The first kappa shape index (κ1) is 25.7. The van der Waals surface area contributed by atoms with Crippen LogP contribution in [0.1, 0.15) is 66.3 Å². The third-order valence-corrected chi connectivity index (χ3v) is 4.67. The highest BCUT2D eigenvalue weighted by Gasteiger charge is 2.24. The van der Waals surface area contributed by atoms with E-state index in [0.29, 0.717) is 29.5 Å². The maximum Gasteiger partial charge on any atom is 0.325 e. The second-order valence-electron chi connectivity index (χ2n) is 8.78. The molecule has 0 saturated heterocycles. The Morgan fingerprint density at radius 1 is 0.909 bits per heavy atom. The van der Waals surface area contributed by atoms with E-state index in [-0.39, 0.29) is 30.4 Å². The highest BCUT2D eigenvalue weighted by atomic mass is 16.6. The highest BCUT2D eigenvalue weighted by Crippen LogP contribution is 2.24. The molecule has 3 rings (SSSR count). The van der Waals surface area contributed by atoms with Crippen LogP contribution in [0.4, 0.5) is 0 Å². The maximum absolute atomic E-state index is 12.4. The molecule has 1 aliphatic carbocycles. The van der Waals surface area contributed by atoms with Crippen LogP contribution < -0.4 is 5.32 Å². The van der Waals surface area contributed by atoms with Gasteiger partial charge >= 0.3 is 5.97 Å². The number of fused-ring (bicyclic) bond motifs is 1. The van der Waals surface area contributed by atoms with Gasteiger partial charge < -0.3 is 10.1 Å². The van der Waals surface area contributed by atoms with Crippen LogP contribution >= 0.6 is 0 Å². The molecular weight excluding hydrogens is 418 g/mol. The van der Waals surface area contributed by atoms with Gasteiger partial charge in [0.25, 0.3) is 0 Å². The van der Waals surface area contributed by atoms with Gasteiger partial charge in [0.2, 0.25) is 5.91 Å². The van der Waals surface area contributed by atoms with E-state index >= 15 is 0 Å². The summed E-state index contributed by atoms with van der Waals surface area (Å²) in [5.74, 6) is -1.16. The van der Waals surface area contributed by atoms with Crippen molar-refractivity contribution < 1.29 is 23.9 Å². The van der Waals surface area contributed by atoms with Crippen molar-refractivity contribution in [3.8, 4) is 0 Å². The lowest BCUT2D eigenvalue weighted by Crippen LogP contribution is -2.34. The Morgan fingerprint density at radius 3 is 2.09 bits per heavy atom. The number of allylic oxidation sites excluding steroid dienone is 2. The van der Waals surface area contributed by atoms with Crippen molar-refractivity contribution in [3.05, 3.63) is 82.9 Å². The van der Waals surface area contributed by atoms with Crippen molar-refractivity contribution in [1.82, 2.24) is 5.32 Å². The summed E-state index contributed by atoms with van der Waals surface area (Å²) < 4.78 is 5.10. The first-order valence-electron chi connectivity index (χ1n) is 11.0. The zero-order chi connectivity index (χ0) is 24.4. The Labute approximate surface area is 195 Å². The van der Waals surface area contributed by atoms with Gasteiger partial charge in [0.15, 0.2) is 11.6 Å². The molecule has 0 unspecified atom stereocenters. The number of benzene rings is 2. The number of hydrogen-bond donors (Lipinski definition) is 1. The Balaban J connectivity index is 0.000000468. The number of aryl methyl sites for hydroxylation is 1. The third-order valence-electron chi connectivity index (χ3n) is 4.67. The fraction of sp³-hybridized carbons (Fsp3) is 0.333. The smallest absolute Gasteiger partial charge is 0.325 e. The normalized spacial score (nSPS) is 12.7. The molecule has 6 nitrogen and oxygen atoms in total. The molecule has 0 aromatic heterocycles. The summed E-state index contributed by atoms with van der Waals surface area (Å²) in [6.07, 6.45) is 2.25. The maximum atomic E-state index is 12.4. The van der Waals surface area contributed by atoms with Gasteiger partial charge in [-0.1, -0.05) is 60.2 Å². The van der Waals surface area contributed by atoms with Gasteiger partial charge in [-0.2, -0.15) is 0 Å². The van der Waals surface area contributed by atoms with E-state index < -0.39 is 11.6 Å². The molecule has 2 aromatic rings. The van der Waals surface area contributed by atoms with Gasteiger partial charge in [0, 0.05) is 23.1 Å². The van der Waals surface area contributed by atoms with Gasteiger partial charge in [-0.05, 0) is 46.6 Å². The van der Waals surface area contributed by atoms with E-state index in [2.05, 4.69) is 24.4 Å². The number of amides is 1. The first-order chi connectivity index (χ1) is 15.6. The zero-order valence-electron chi connectivity index (χ0n) is 19.6. The zero-order valence-corrected chi connectivity index (χ0v) is 19.6. The number of hydrogen-bond acceptors (Lipinski definition) is 5. The summed E-state index contributed by atoms with van der Waals surface area (Å²) in [6, 6.07) is 17.0. The van der Waals surface area contributed by atoms with Crippen LogP contribution in [0.15, 0.2) is 66.2 Å². The molecule has 0 saturated carbocycles. The summed E-state index contributed by atoms with van der Waals surface area (Å²) in [7, 11) is 0. The number of Topliss-reactive ketones (excluding diaryl/α,β-unsaturated/α-hetero) is 1. The summed E-state index contributed by atoms with van der Waals surface area (Å²) in [4.78, 5) is 47.8. The molecule has 174 valence electrons. The molecule has 0 fully saturated rings. The van der Waals surface area contributed by atoms with Crippen LogP contribution in [0, 0.1) is 6.92 Å². The Bertz CT molecular complexity index is 1030. The van der Waals surface area contributed by atoms with Crippen molar-refractivity contribution in [2.45, 2.75) is 52.6 Å². The molecule has 0 bridgehead atoms.